The van der Waals surface area contributed by atoms with Crippen LogP contribution in [0.5, 0.6) is 23.0 Å². The maximum Gasteiger partial charge on any atom is 0.259 e. The topological polar surface area (TPSA) is 108 Å². The molecule has 190 valence electrons. The van der Waals surface area contributed by atoms with Gasteiger partial charge in [-0.15, -0.1) is 5.11 Å². The van der Waals surface area contributed by atoms with Gasteiger partial charge in [-0.2, -0.15) is 5.11 Å². The number of carbonyl (C=O) groups excluding carboxylic acids is 2. The molecule has 11 heteroatoms. The summed E-state index contributed by atoms with van der Waals surface area (Å²) >= 11 is 12.5. The van der Waals surface area contributed by atoms with Gasteiger partial charge in [0.1, 0.15) is 22.9 Å². The van der Waals surface area contributed by atoms with E-state index in [1.165, 1.54) is 6.92 Å². The van der Waals surface area contributed by atoms with Crippen LogP contribution in [-0.4, -0.2) is 44.2 Å². The molecular formula is C24H29Cl2N3O6. The smallest absolute Gasteiger partial charge is 0.259 e. The number of azo groups is 1. The van der Waals surface area contributed by atoms with E-state index >= 15 is 0 Å². The van der Waals surface area contributed by atoms with Crippen LogP contribution in [0.15, 0.2) is 34.5 Å². The molecule has 35 heavy (non-hydrogen) atoms. The molecule has 1 N–H and O–H groups in total. The van der Waals surface area contributed by atoms with Crippen molar-refractivity contribution in [2.24, 2.45) is 10.2 Å². The lowest BCUT2D eigenvalue weighted by atomic mass is 10.2. The Labute approximate surface area is 214 Å². The van der Waals surface area contributed by atoms with Crippen molar-refractivity contribution in [2.75, 3.05) is 31.7 Å². The maximum absolute atomic E-state index is 13.1. The number of ketones is 1. The van der Waals surface area contributed by atoms with Crippen molar-refractivity contribution in [3.63, 3.8) is 0 Å². The average molecular weight is 526 g/mol. The molecule has 0 aliphatic carbocycles. The molecule has 2 aromatic rings. The predicted octanol–water partition coefficient (Wildman–Crippen LogP) is 6.27. The van der Waals surface area contributed by atoms with E-state index in [-0.39, 0.29) is 22.1 Å². The minimum absolute atomic E-state index is 0.148. The molecule has 2 aromatic carbocycles. The van der Waals surface area contributed by atoms with Gasteiger partial charge >= 0.3 is 0 Å². The summed E-state index contributed by atoms with van der Waals surface area (Å²) in [5.74, 6) is -0.000327. The number of hydrogen-bond donors (Lipinski definition) is 1. The fraction of sp³-hybridized carbons (Fsp3) is 0.417. The van der Waals surface area contributed by atoms with Crippen LogP contribution < -0.4 is 24.3 Å². The highest BCUT2D eigenvalue weighted by molar-refractivity contribution is 6.33. The van der Waals surface area contributed by atoms with Gasteiger partial charge in [0.05, 0.1) is 31.5 Å². The van der Waals surface area contributed by atoms with Crippen LogP contribution >= 0.6 is 23.2 Å². The minimum Gasteiger partial charge on any atom is -0.491 e. The van der Waals surface area contributed by atoms with Crippen LogP contribution in [0.4, 0.5) is 11.4 Å². The summed E-state index contributed by atoms with van der Waals surface area (Å²) in [6.45, 7) is 9.77. The highest BCUT2D eigenvalue weighted by Gasteiger charge is 2.27. The molecule has 1 unspecified atom stereocenters. The summed E-state index contributed by atoms with van der Waals surface area (Å²) in [6, 6.07) is 4.83. The summed E-state index contributed by atoms with van der Waals surface area (Å²) in [4.78, 5) is 25.5. The van der Waals surface area contributed by atoms with Gasteiger partial charge < -0.3 is 24.3 Å². The number of amides is 1. The Hall–Kier alpha value is -3.04. The Bertz CT molecular complexity index is 1050. The summed E-state index contributed by atoms with van der Waals surface area (Å²) < 4.78 is 22.4. The monoisotopic (exact) mass is 525 g/mol. The molecule has 1 atom stereocenters. The van der Waals surface area contributed by atoms with Crippen molar-refractivity contribution >= 4 is 46.3 Å². The number of hydrogen-bond acceptors (Lipinski definition) is 8. The Balaban J connectivity index is 2.45. The van der Waals surface area contributed by atoms with E-state index in [4.69, 9.17) is 42.1 Å². The zero-order valence-corrected chi connectivity index (χ0v) is 21.8. The van der Waals surface area contributed by atoms with Gasteiger partial charge in [-0.1, -0.05) is 23.2 Å². The molecule has 0 aliphatic heterocycles. The third-order valence-electron chi connectivity index (χ3n) is 4.42. The zero-order valence-electron chi connectivity index (χ0n) is 20.3. The molecule has 0 spiro atoms. The van der Waals surface area contributed by atoms with Gasteiger partial charge in [0.25, 0.3) is 5.91 Å². The van der Waals surface area contributed by atoms with Crippen LogP contribution in [0.25, 0.3) is 0 Å². The first-order valence-electron chi connectivity index (χ1n) is 11.2. The normalized spacial score (nSPS) is 11.7. The highest BCUT2D eigenvalue weighted by Crippen LogP contribution is 2.43. The second-order valence-corrected chi connectivity index (χ2v) is 7.79. The number of Topliss-reactive ketones (excluding diaryl/α,β-unsaturated/α-hetero) is 1. The lowest BCUT2D eigenvalue weighted by molar-refractivity contribution is -0.126. The fourth-order valence-corrected chi connectivity index (χ4v) is 3.40. The first kappa shape index (κ1) is 28.2. The third kappa shape index (κ3) is 7.47. The van der Waals surface area contributed by atoms with Crippen LogP contribution in [0.3, 0.4) is 0 Å². The van der Waals surface area contributed by atoms with E-state index in [1.807, 2.05) is 6.92 Å². The molecular weight excluding hydrogens is 497 g/mol. The van der Waals surface area contributed by atoms with Crippen LogP contribution in [-0.2, 0) is 9.59 Å². The number of nitrogens with one attached hydrogen (secondary N) is 1. The Morgan fingerprint density at radius 1 is 0.886 bits per heavy atom. The van der Waals surface area contributed by atoms with E-state index in [0.29, 0.717) is 48.7 Å². The second-order valence-electron chi connectivity index (χ2n) is 6.95. The van der Waals surface area contributed by atoms with Gasteiger partial charge in [0, 0.05) is 17.2 Å². The van der Waals surface area contributed by atoms with E-state index in [1.54, 1.807) is 45.0 Å². The summed E-state index contributed by atoms with van der Waals surface area (Å²) in [5.41, 5.74) is 0.381. The lowest BCUT2D eigenvalue weighted by Gasteiger charge is -2.18. The van der Waals surface area contributed by atoms with Crippen molar-refractivity contribution in [2.45, 2.75) is 40.7 Å². The molecule has 0 aliphatic rings. The maximum atomic E-state index is 13.1. The SMILES string of the molecule is CCOc1cc(Cl)cc(OCC)c1NC(=O)C(N=Nc1c(Cl)ccc(OCC)c1OCC)C(C)=O. The van der Waals surface area contributed by atoms with Gasteiger partial charge in [-0.05, 0) is 46.8 Å². The quantitative estimate of drug-likeness (QED) is 0.244. The first-order chi connectivity index (χ1) is 16.8. The third-order valence-corrected chi connectivity index (χ3v) is 4.94. The summed E-state index contributed by atoms with van der Waals surface area (Å²) in [5, 5.41) is 11.4. The number of anilines is 1. The number of nitrogens with zero attached hydrogens (tertiary/aromatic N) is 2. The van der Waals surface area contributed by atoms with Crippen molar-refractivity contribution in [3.05, 3.63) is 34.3 Å². The lowest BCUT2D eigenvalue weighted by Crippen LogP contribution is -2.32. The van der Waals surface area contributed by atoms with Gasteiger partial charge in [-0.25, -0.2) is 0 Å². The number of rotatable bonds is 13. The van der Waals surface area contributed by atoms with Crippen molar-refractivity contribution in [1.29, 1.82) is 0 Å². The van der Waals surface area contributed by atoms with E-state index < -0.39 is 17.7 Å². The van der Waals surface area contributed by atoms with Gasteiger partial charge in [0.2, 0.25) is 6.04 Å². The average Bonchev–Trinajstić information content (AvgIpc) is 2.80. The second kappa shape index (κ2) is 13.7. The van der Waals surface area contributed by atoms with Crippen molar-refractivity contribution in [1.82, 2.24) is 0 Å². The number of halogens is 2. The largest absolute Gasteiger partial charge is 0.491 e. The number of benzene rings is 2. The standard InChI is InChI=1S/C24H29Cl2N3O6/c1-6-32-17-11-10-16(26)21(23(17)35-9-4)29-28-20(14(5)30)24(31)27-22-18(33-7-2)12-15(25)13-19(22)34-8-3/h10-13,20H,6-9H2,1-5H3,(H,27,31). The van der Waals surface area contributed by atoms with Gasteiger partial charge in [0.15, 0.2) is 17.3 Å². The molecule has 2 rings (SSSR count). The predicted molar refractivity (Wildman–Crippen MR) is 135 cm³/mol. The molecule has 0 aromatic heterocycles. The van der Waals surface area contributed by atoms with Crippen LogP contribution in [0.2, 0.25) is 10.0 Å². The minimum atomic E-state index is -1.48. The first-order valence-corrected chi connectivity index (χ1v) is 11.9. The van der Waals surface area contributed by atoms with Crippen LogP contribution in [0, 0.1) is 0 Å². The molecule has 9 nitrogen and oxygen atoms in total. The summed E-state index contributed by atoms with van der Waals surface area (Å²) in [7, 11) is 0. The Kier molecular flexibility index (Phi) is 11.1. The number of ether oxygens (including phenoxy) is 4. The molecule has 0 heterocycles. The van der Waals surface area contributed by atoms with Crippen LogP contribution in [0.1, 0.15) is 34.6 Å². The molecule has 0 fully saturated rings. The number of carbonyl (C=O) groups is 2. The Morgan fingerprint density at radius 2 is 1.43 bits per heavy atom. The summed E-state index contributed by atoms with van der Waals surface area (Å²) in [6.07, 6.45) is 0. The van der Waals surface area contributed by atoms with E-state index in [2.05, 4.69) is 15.5 Å². The molecule has 0 saturated heterocycles. The van der Waals surface area contributed by atoms with Crippen molar-refractivity contribution < 1.29 is 28.5 Å². The molecule has 0 radical (unpaired) electrons. The molecule has 1 amide bonds. The van der Waals surface area contributed by atoms with E-state index in [0.717, 1.165) is 0 Å². The highest BCUT2D eigenvalue weighted by atomic mass is 35.5. The molecule has 0 saturated carbocycles. The van der Waals surface area contributed by atoms with E-state index in [9.17, 15) is 9.59 Å². The van der Waals surface area contributed by atoms with Crippen molar-refractivity contribution in [3.8, 4) is 23.0 Å². The van der Waals surface area contributed by atoms with Gasteiger partial charge in [-0.3, -0.25) is 9.59 Å². The molecule has 0 bridgehead atoms. The fourth-order valence-electron chi connectivity index (χ4n) is 3.02. The zero-order chi connectivity index (χ0) is 26.0. The Morgan fingerprint density at radius 3 is 1.94 bits per heavy atom.